The van der Waals surface area contributed by atoms with Gasteiger partial charge in [0.25, 0.3) is 6.43 Å². The summed E-state index contributed by atoms with van der Waals surface area (Å²) in [5.41, 5.74) is -0.348. The van der Waals surface area contributed by atoms with E-state index in [1.807, 2.05) is 0 Å². The highest BCUT2D eigenvalue weighted by atomic mass is 127. The lowest BCUT2D eigenvalue weighted by Gasteiger charge is -2.06. The maximum absolute atomic E-state index is 12.4. The quantitative estimate of drug-likeness (QED) is 0.460. The van der Waals surface area contributed by atoms with Crippen LogP contribution in [0.3, 0.4) is 0 Å². The average molecular weight is 362 g/mol. The monoisotopic (exact) mass is 361 g/mol. The molecule has 0 atom stereocenters. The van der Waals surface area contributed by atoms with Crippen molar-refractivity contribution < 1.29 is 13.6 Å². The molecule has 0 aromatic carbocycles. The van der Waals surface area contributed by atoms with Gasteiger partial charge in [-0.15, -0.1) is 0 Å². The lowest BCUT2D eigenvalue weighted by atomic mass is 10.2. The van der Waals surface area contributed by atoms with Crippen LogP contribution in [0.15, 0.2) is 10.7 Å². The average Bonchev–Trinajstić information content (AvgIpc) is 2.07. The third-order valence-corrected chi connectivity index (χ3v) is 2.89. The van der Waals surface area contributed by atoms with Crippen molar-refractivity contribution >= 4 is 44.8 Å². The van der Waals surface area contributed by atoms with Crippen molar-refractivity contribution in [2.24, 2.45) is 0 Å². The van der Waals surface area contributed by atoms with Crippen molar-refractivity contribution in [3.05, 3.63) is 25.5 Å². The second-order valence-corrected chi connectivity index (χ2v) is 4.02. The molecule has 0 aliphatic carbocycles. The topological polar surface area (TPSA) is 30.0 Å². The van der Waals surface area contributed by atoms with Gasteiger partial charge in [-0.3, -0.25) is 4.79 Å². The van der Waals surface area contributed by atoms with Crippen LogP contribution in [-0.4, -0.2) is 11.3 Å². The summed E-state index contributed by atoms with van der Waals surface area (Å²) >= 11 is 4.65. The minimum Gasteiger partial charge on any atom is -0.298 e. The van der Waals surface area contributed by atoms with Crippen LogP contribution in [0.5, 0.6) is 0 Å². The van der Waals surface area contributed by atoms with Crippen LogP contribution in [0, 0.1) is 3.70 Å². The number of nitrogens with zero attached hydrogens (tertiary/aromatic N) is 1. The summed E-state index contributed by atoms with van der Waals surface area (Å²) in [6, 6.07) is 0. The first kappa shape index (κ1) is 11.0. The molecule has 0 saturated heterocycles. The molecule has 0 unspecified atom stereocenters. The molecule has 1 aromatic rings. The molecule has 1 rings (SSSR count). The Labute approximate surface area is 95.0 Å². The maximum atomic E-state index is 12.4. The second kappa shape index (κ2) is 4.41. The number of rotatable bonds is 2. The van der Waals surface area contributed by atoms with E-state index < -0.39 is 6.43 Å². The summed E-state index contributed by atoms with van der Waals surface area (Å²) in [5.74, 6) is 0. The second-order valence-electron chi connectivity index (χ2n) is 2.14. The molecule has 1 aromatic heterocycles. The Bertz CT molecular complexity index is 346. The van der Waals surface area contributed by atoms with Crippen molar-refractivity contribution in [1.82, 2.24) is 4.98 Å². The summed E-state index contributed by atoms with van der Waals surface area (Å²) in [6.07, 6.45) is -0.954. The molecule has 0 spiro atoms. The molecule has 6 heteroatoms. The lowest BCUT2D eigenvalue weighted by molar-refractivity contribution is 0.110. The van der Waals surface area contributed by atoms with E-state index in [0.717, 1.165) is 0 Å². The molecule has 0 bridgehead atoms. The summed E-state index contributed by atoms with van der Waals surface area (Å²) < 4.78 is 25.3. The zero-order valence-electron chi connectivity index (χ0n) is 6.10. The number of aromatic nitrogens is 1. The Morgan fingerprint density at radius 3 is 2.62 bits per heavy atom. The van der Waals surface area contributed by atoms with Crippen LogP contribution in [0.2, 0.25) is 0 Å². The van der Waals surface area contributed by atoms with E-state index in [0.29, 0.717) is 10.8 Å². The number of hydrogen-bond acceptors (Lipinski definition) is 2. The van der Waals surface area contributed by atoms with Gasteiger partial charge in [-0.2, -0.15) is 0 Å². The lowest BCUT2D eigenvalue weighted by Crippen LogP contribution is -2.00. The van der Waals surface area contributed by atoms with Crippen LogP contribution in [0.1, 0.15) is 22.3 Å². The number of hydrogen-bond donors (Lipinski definition) is 0. The van der Waals surface area contributed by atoms with Gasteiger partial charge in [-0.1, -0.05) is 0 Å². The largest absolute Gasteiger partial charge is 0.298 e. The number of pyridine rings is 1. The normalized spacial score (nSPS) is 10.5. The van der Waals surface area contributed by atoms with E-state index in [1.54, 1.807) is 22.6 Å². The highest BCUT2D eigenvalue weighted by molar-refractivity contribution is 14.1. The van der Waals surface area contributed by atoms with E-state index in [1.165, 1.54) is 6.20 Å². The van der Waals surface area contributed by atoms with Crippen molar-refractivity contribution in [3.8, 4) is 0 Å². The summed E-state index contributed by atoms with van der Waals surface area (Å²) in [4.78, 5) is 14.2. The smallest absolute Gasteiger partial charge is 0.267 e. The Morgan fingerprint density at radius 1 is 1.62 bits per heavy atom. The molecular formula is C7H3BrF2INO. The molecule has 0 fully saturated rings. The number of carbonyl (C=O) groups is 1. The standard InChI is InChI=1S/C7H3BrF2INO/c8-4-1-12-7(11)5(6(9)10)3(4)2-13/h1-2,6H. The molecule has 0 N–H and O–H groups in total. The molecule has 0 saturated carbocycles. The van der Waals surface area contributed by atoms with Crippen LogP contribution < -0.4 is 0 Å². The van der Waals surface area contributed by atoms with Gasteiger partial charge in [0.05, 0.1) is 5.56 Å². The van der Waals surface area contributed by atoms with Crippen molar-refractivity contribution in [2.75, 3.05) is 0 Å². The van der Waals surface area contributed by atoms with E-state index in [2.05, 4.69) is 20.9 Å². The van der Waals surface area contributed by atoms with Gasteiger partial charge in [0, 0.05) is 16.2 Å². The molecule has 0 aliphatic rings. The fourth-order valence-electron chi connectivity index (χ4n) is 0.820. The van der Waals surface area contributed by atoms with Gasteiger partial charge in [-0.05, 0) is 38.5 Å². The molecule has 0 radical (unpaired) electrons. The van der Waals surface area contributed by atoms with Crippen molar-refractivity contribution in [3.63, 3.8) is 0 Å². The van der Waals surface area contributed by atoms with E-state index in [4.69, 9.17) is 0 Å². The van der Waals surface area contributed by atoms with Gasteiger partial charge in [0.1, 0.15) is 3.70 Å². The molecule has 70 valence electrons. The predicted molar refractivity (Wildman–Crippen MR) is 55.0 cm³/mol. The number of carbonyl (C=O) groups excluding carboxylic acids is 1. The van der Waals surface area contributed by atoms with Crippen LogP contribution in [0.25, 0.3) is 0 Å². The first-order chi connectivity index (χ1) is 6.07. The van der Waals surface area contributed by atoms with Crippen LogP contribution >= 0.6 is 38.5 Å². The molecule has 1 heterocycles. The third-order valence-electron chi connectivity index (χ3n) is 1.40. The minimum atomic E-state index is -2.68. The SMILES string of the molecule is O=Cc1c(Br)cnc(I)c1C(F)F. The highest BCUT2D eigenvalue weighted by Gasteiger charge is 2.19. The van der Waals surface area contributed by atoms with E-state index >= 15 is 0 Å². The van der Waals surface area contributed by atoms with Crippen molar-refractivity contribution in [2.45, 2.75) is 6.43 Å². The fourth-order valence-corrected chi connectivity index (χ4v) is 1.89. The Morgan fingerprint density at radius 2 is 2.23 bits per heavy atom. The Kier molecular flexibility index (Phi) is 3.72. The number of alkyl halides is 2. The number of halogens is 4. The molecule has 13 heavy (non-hydrogen) atoms. The van der Waals surface area contributed by atoms with Gasteiger partial charge in [0.2, 0.25) is 0 Å². The van der Waals surface area contributed by atoms with Gasteiger partial charge >= 0.3 is 0 Å². The van der Waals surface area contributed by atoms with Gasteiger partial charge in [-0.25, -0.2) is 13.8 Å². The van der Waals surface area contributed by atoms with Gasteiger partial charge < -0.3 is 0 Å². The maximum Gasteiger partial charge on any atom is 0.267 e. The van der Waals surface area contributed by atoms with E-state index in [-0.39, 0.29) is 14.8 Å². The van der Waals surface area contributed by atoms with Crippen molar-refractivity contribution in [1.29, 1.82) is 0 Å². The van der Waals surface area contributed by atoms with E-state index in [9.17, 15) is 13.6 Å². The Balaban J connectivity index is 3.43. The number of aldehydes is 1. The zero-order valence-corrected chi connectivity index (χ0v) is 9.84. The van der Waals surface area contributed by atoms with Crippen LogP contribution in [0.4, 0.5) is 8.78 Å². The first-order valence-electron chi connectivity index (χ1n) is 3.15. The summed E-state index contributed by atoms with van der Waals surface area (Å²) in [7, 11) is 0. The zero-order chi connectivity index (χ0) is 10.0. The molecular weight excluding hydrogens is 359 g/mol. The third kappa shape index (κ3) is 2.22. The predicted octanol–water partition coefficient (Wildman–Crippen LogP) is 3.20. The summed E-state index contributed by atoms with van der Waals surface area (Å²) in [6.45, 7) is 0. The fraction of sp³-hybridized carbons (Fsp3) is 0.143. The molecule has 0 amide bonds. The highest BCUT2D eigenvalue weighted by Crippen LogP contribution is 2.29. The summed E-state index contributed by atoms with van der Waals surface area (Å²) in [5, 5.41) is 0. The first-order valence-corrected chi connectivity index (χ1v) is 5.02. The minimum absolute atomic E-state index is 0.0330. The molecule has 2 nitrogen and oxygen atoms in total. The van der Waals surface area contributed by atoms with Gasteiger partial charge in [0.15, 0.2) is 6.29 Å². The molecule has 0 aliphatic heterocycles. The van der Waals surface area contributed by atoms with Crippen LogP contribution in [-0.2, 0) is 0 Å². The Hall–Kier alpha value is -0.110.